The Labute approximate surface area is 201 Å². The second-order valence-corrected chi connectivity index (χ2v) is 8.48. The Kier molecular flexibility index (Phi) is 10.1. The molecular weight excluding hydrogens is 457 g/mol. The molecule has 9 nitrogen and oxygen atoms in total. The molecule has 1 aromatic carbocycles. The molecule has 1 amide bonds. The first-order chi connectivity index (χ1) is 14.2. The Morgan fingerprint density at radius 2 is 1.81 bits per heavy atom. The fourth-order valence-electron chi connectivity index (χ4n) is 4.02. The molecule has 180 valence electrons. The van der Waals surface area contributed by atoms with E-state index in [1.807, 2.05) is 37.2 Å². The number of guanidine groups is 1. The van der Waals surface area contributed by atoms with Crippen LogP contribution in [0.3, 0.4) is 0 Å². The normalized spacial score (nSPS) is 17.0. The number of nitrogens with two attached hydrogens (primary N) is 1. The van der Waals surface area contributed by atoms with Gasteiger partial charge >= 0.3 is 5.97 Å². The highest BCUT2D eigenvalue weighted by molar-refractivity contribution is 5.85. The Bertz CT molecular complexity index is 828. The molecule has 0 spiro atoms. The zero-order valence-corrected chi connectivity index (χ0v) is 20.1. The summed E-state index contributed by atoms with van der Waals surface area (Å²) in [5.74, 6) is -0.203. The van der Waals surface area contributed by atoms with Crippen LogP contribution in [-0.2, 0) is 22.6 Å². The lowest BCUT2D eigenvalue weighted by atomic mass is 9.79. The van der Waals surface area contributed by atoms with Crippen molar-refractivity contribution < 1.29 is 19.4 Å². The fraction of sp³-hybridized carbons (Fsp3) is 0.571. The van der Waals surface area contributed by atoms with Gasteiger partial charge in [-0.25, -0.2) is 0 Å². The van der Waals surface area contributed by atoms with Crippen molar-refractivity contribution >= 4 is 42.7 Å². The summed E-state index contributed by atoms with van der Waals surface area (Å²) in [4.78, 5) is 29.7. The molecule has 0 atom stereocenters. The number of ether oxygens (including phenoxy) is 1. The number of nitrogens with one attached hydrogen (secondary N) is 1. The zero-order chi connectivity index (χ0) is 21.9. The molecule has 0 saturated carbocycles. The van der Waals surface area contributed by atoms with Crippen LogP contribution in [0, 0.1) is 10.8 Å². The largest absolute Gasteiger partial charge is 0.492 e. The van der Waals surface area contributed by atoms with Gasteiger partial charge in [-0.3, -0.25) is 15.0 Å². The summed E-state index contributed by atoms with van der Waals surface area (Å²) in [6, 6.07) is 5.78. The number of aliphatic carboxylic acids is 1. The molecule has 11 heteroatoms. The molecule has 0 aromatic heterocycles. The first kappa shape index (κ1) is 27.8. The molecule has 3 rings (SSSR count). The molecule has 4 N–H and O–H groups in total. The maximum atomic E-state index is 12.3. The van der Waals surface area contributed by atoms with Crippen LogP contribution >= 0.6 is 24.8 Å². The summed E-state index contributed by atoms with van der Waals surface area (Å²) in [5.41, 5.74) is 6.85. The maximum Gasteiger partial charge on any atom is 0.313 e. The van der Waals surface area contributed by atoms with E-state index in [-0.39, 0.29) is 43.3 Å². The molecule has 2 aliphatic rings. The first-order valence-electron chi connectivity index (χ1n) is 10.2. The van der Waals surface area contributed by atoms with Crippen LogP contribution in [0.15, 0.2) is 18.2 Å². The van der Waals surface area contributed by atoms with Gasteiger partial charge in [-0.05, 0) is 56.6 Å². The van der Waals surface area contributed by atoms with E-state index in [9.17, 15) is 14.7 Å². The van der Waals surface area contributed by atoms with Crippen LogP contribution in [-0.4, -0.2) is 84.5 Å². The van der Waals surface area contributed by atoms with Crippen molar-refractivity contribution in [1.82, 2.24) is 14.7 Å². The van der Waals surface area contributed by atoms with E-state index in [0.29, 0.717) is 51.3 Å². The number of halogens is 2. The molecule has 1 fully saturated rings. The highest BCUT2D eigenvalue weighted by Gasteiger charge is 2.43. The van der Waals surface area contributed by atoms with Gasteiger partial charge < -0.3 is 30.3 Å². The summed E-state index contributed by atoms with van der Waals surface area (Å²) in [6.45, 7) is 2.49. The summed E-state index contributed by atoms with van der Waals surface area (Å²) < 4.78 is 5.94. The minimum Gasteiger partial charge on any atom is -0.492 e. The number of carboxylic acids is 1. The van der Waals surface area contributed by atoms with Crippen molar-refractivity contribution in [2.24, 2.45) is 11.1 Å². The number of likely N-dealkylation sites (tertiary alicyclic amines) is 1. The average Bonchev–Trinajstić information content (AvgIpc) is 2.71. The maximum absolute atomic E-state index is 12.3. The summed E-state index contributed by atoms with van der Waals surface area (Å²) in [5, 5.41) is 17.5. The SMILES string of the molecule is CN(C)CC(=O)N1CCC(COc2ccc3c(c2)CN(C(=N)N)CC3)(C(=O)O)CC1.Cl.Cl. The molecule has 0 bridgehead atoms. The lowest BCUT2D eigenvalue weighted by Gasteiger charge is -2.39. The number of carbonyl (C=O) groups is 2. The molecule has 2 aliphatic heterocycles. The number of likely N-dealkylation sites (N-methyl/N-ethyl adjacent to an activating group) is 1. The van der Waals surface area contributed by atoms with Gasteiger partial charge in [0.05, 0.1) is 6.54 Å². The molecule has 1 aromatic rings. The van der Waals surface area contributed by atoms with Crippen molar-refractivity contribution in [3.05, 3.63) is 29.3 Å². The Hall–Kier alpha value is -2.23. The quantitative estimate of drug-likeness (QED) is 0.407. The second-order valence-electron chi connectivity index (χ2n) is 8.48. The smallest absolute Gasteiger partial charge is 0.313 e. The van der Waals surface area contributed by atoms with Crippen molar-refractivity contribution in [2.45, 2.75) is 25.8 Å². The van der Waals surface area contributed by atoms with Gasteiger partial charge in [0.15, 0.2) is 5.96 Å². The zero-order valence-electron chi connectivity index (χ0n) is 18.5. The molecular formula is C21H33Cl2N5O4. The number of fused-ring (bicyclic) bond motifs is 1. The van der Waals surface area contributed by atoms with Crippen LogP contribution in [0.4, 0.5) is 0 Å². The lowest BCUT2D eigenvalue weighted by Crippen LogP contribution is -2.50. The first-order valence-corrected chi connectivity index (χ1v) is 10.2. The van der Waals surface area contributed by atoms with E-state index in [1.165, 1.54) is 5.56 Å². The lowest BCUT2D eigenvalue weighted by molar-refractivity contribution is -0.156. The number of nitrogens with zero attached hydrogens (tertiary/aromatic N) is 3. The summed E-state index contributed by atoms with van der Waals surface area (Å²) in [6.07, 6.45) is 1.54. The number of amides is 1. The number of hydrogen-bond donors (Lipinski definition) is 3. The standard InChI is InChI=1S/C21H31N5O4.2ClH/c1-24(2)13-18(27)25-9-6-21(7-10-25,19(28)29)14-30-17-4-3-15-5-8-26(20(22)23)12-16(15)11-17;;/h3-4,11H,5-10,12-14H2,1-2H3,(H3,22,23)(H,28,29);2*1H. The van der Waals surface area contributed by atoms with Crippen molar-refractivity contribution in [3.63, 3.8) is 0 Å². The van der Waals surface area contributed by atoms with Crippen molar-refractivity contribution in [3.8, 4) is 5.75 Å². The van der Waals surface area contributed by atoms with Gasteiger partial charge in [0.25, 0.3) is 0 Å². The monoisotopic (exact) mass is 489 g/mol. The topological polar surface area (TPSA) is 123 Å². The molecule has 2 heterocycles. The van der Waals surface area contributed by atoms with Crippen LogP contribution in [0.1, 0.15) is 24.0 Å². The van der Waals surface area contributed by atoms with E-state index in [0.717, 1.165) is 12.0 Å². The highest BCUT2D eigenvalue weighted by Crippen LogP contribution is 2.33. The van der Waals surface area contributed by atoms with Gasteiger partial charge in [-0.15, -0.1) is 24.8 Å². The third-order valence-corrected chi connectivity index (χ3v) is 6.02. The summed E-state index contributed by atoms with van der Waals surface area (Å²) in [7, 11) is 3.68. The minimum atomic E-state index is -1.00. The van der Waals surface area contributed by atoms with Crippen LogP contribution in [0.2, 0.25) is 0 Å². The van der Waals surface area contributed by atoms with E-state index >= 15 is 0 Å². The molecule has 0 aliphatic carbocycles. The van der Waals surface area contributed by atoms with Gasteiger partial charge in [0, 0.05) is 26.2 Å². The van der Waals surface area contributed by atoms with Crippen molar-refractivity contribution in [1.29, 1.82) is 5.41 Å². The number of rotatable bonds is 6. The average molecular weight is 490 g/mol. The number of carboxylic acid groups (broad SMARTS) is 1. The Morgan fingerprint density at radius 1 is 1.16 bits per heavy atom. The molecule has 1 saturated heterocycles. The highest BCUT2D eigenvalue weighted by atomic mass is 35.5. The Morgan fingerprint density at radius 3 is 2.38 bits per heavy atom. The van der Waals surface area contributed by atoms with Gasteiger partial charge in [-0.2, -0.15) is 0 Å². The van der Waals surface area contributed by atoms with E-state index in [2.05, 4.69) is 0 Å². The van der Waals surface area contributed by atoms with Crippen LogP contribution < -0.4 is 10.5 Å². The van der Waals surface area contributed by atoms with Crippen LogP contribution in [0.25, 0.3) is 0 Å². The predicted molar refractivity (Wildman–Crippen MR) is 127 cm³/mol. The predicted octanol–water partition coefficient (Wildman–Crippen LogP) is 1.42. The third kappa shape index (κ3) is 6.40. The van der Waals surface area contributed by atoms with E-state index < -0.39 is 11.4 Å². The summed E-state index contributed by atoms with van der Waals surface area (Å²) >= 11 is 0. The molecule has 32 heavy (non-hydrogen) atoms. The Balaban J connectivity index is 0.00000256. The number of benzene rings is 1. The third-order valence-electron chi connectivity index (χ3n) is 6.02. The number of hydrogen-bond acceptors (Lipinski definition) is 5. The van der Waals surface area contributed by atoms with Gasteiger partial charge in [-0.1, -0.05) is 6.07 Å². The van der Waals surface area contributed by atoms with Gasteiger partial charge in [0.1, 0.15) is 17.8 Å². The van der Waals surface area contributed by atoms with E-state index in [4.69, 9.17) is 15.9 Å². The number of piperidine rings is 1. The minimum absolute atomic E-state index is 0. The number of carbonyl (C=O) groups excluding carboxylic acids is 1. The van der Waals surface area contributed by atoms with Crippen molar-refractivity contribution in [2.75, 3.05) is 46.9 Å². The molecule has 0 radical (unpaired) electrons. The van der Waals surface area contributed by atoms with E-state index in [1.54, 1.807) is 9.80 Å². The second kappa shape index (κ2) is 11.6. The fourth-order valence-corrected chi connectivity index (χ4v) is 4.02. The van der Waals surface area contributed by atoms with Crippen LogP contribution in [0.5, 0.6) is 5.75 Å². The molecule has 0 unspecified atom stereocenters. The van der Waals surface area contributed by atoms with Gasteiger partial charge in [0.2, 0.25) is 5.91 Å².